The molecule has 0 fully saturated rings. The average Bonchev–Trinajstić information content (AvgIpc) is 2.20. The normalized spacial score (nSPS) is 15.7. The summed E-state index contributed by atoms with van der Waals surface area (Å²) in [4.78, 5) is 0. The van der Waals surface area contributed by atoms with Crippen molar-refractivity contribution in [2.75, 3.05) is 0 Å². The summed E-state index contributed by atoms with van der Waals surface area (Å²) in [5, 5.41) is 0. The number of rotatable bonds is 3. The molecular formula is C15H24FN. The van der Waals surface area contributed by atoms with Crippen LogP contribution >= 0.6 is 0 Å². The van der Waals surface area contributed by atoms with Gasteiger partial charge >= 0.3 is 0 Å². The number of hydrogen-bond acceptors (Lipinski definition) is 1. The van der Waals surface area contributed by atoms with Gasteiger partial charge in [0.15, 0.2) is 0 Å². The Labute approximate surface area is 104 Å². The van der Waals surface area contributed by atoms with Crippen LogP contribution in [0.3, 0.4) is 0 Å². The van der Waals surface area contributed by atoms with Crippen molar-refractivity contribution in [3.63, 3.8) is 0 Å². The zero-order valence-corrected chi connectivity index (χ0v) is 11.5. The Bertz CT molecular complexity index is 379. The lowest BCUT2D eigenvalue weighted by Gasteiger charge is -2.29. The van der Waals surface area contributed by atoms with E-state index in [4.69, 9.17) is 5.73 Å². The van der Waals surface area contributed by atoms with E-state index in [-0.39, 0.29) is 17.3 Å². The maximum atomic E-state index is 13.2. The van der Waals surface area contributed by atoms with Gasteiger partial charge in [-0.3, -0.25) is 0 Å². The summed E-state index contributed by atoms with van der Waals surface area (Å²) in [7, 11) is 0. The molecule has 0 aliphatic carbocycles. The van der Waals surface area contributed by atoms with Crippen molar-refractivity contribution in [1.29, 1.82) is 0 Å². The van der Waals surface area contributed by atoms with Gasteiger partial charge in [0.25, 0.3) is 0 Å². The smallest absolute Gasteiger partial charge is 0.126 e. The fraction of sp³-hybridized carbons (Fsp3) is 0.600. The second-order valence-corrected chi connectivity index (χ2v) is 6.12. The molecule has 0 amide bonds. The Balaban J connectivity index is 2.76. The van der Waals surface area contributed by atoms with Crippen LogP contribution in [0.4, 0.5) is 4.39 Å². The van der Waals surface area contributed by atoms with Crippen LogP contribution in [0.15, 0.2) is 18.2 Å². The van der Waals surface area contributed by atoms with Gasteiger partial charge in [0, 0.05) is 6.04 Å². The van der Waals surface area contributed by atoms with Crippen molar-refractivity contribution in [2.45, 2.75) is 47.1 Å². The first-order chi connectivity index (χ1) is 7.71. The molecule has 0 bridgehead atoms. The van der Waals surface area contributed by atoms with Crippen molar-refractivity contribution in [3.8, 4) is 0 Å². The number of hydrogen-bond donors (Lipinski definition) is 1. The Morgan fingerprint density at radius 3 is 2.35 bits per heavy atom. The molecule has 2 heteroatoms. The minimum atomic E-state index is -0.162. The largest absolute Gasteiger partial charge is 0.324 e. The SMILES string of the molecule is Cc1cc(C(N)CC(C)C(C)(C)C)ccc1F. The van der Waals surface area contributed by atoms with Crippen molar-refractivity contribution in [2.24, 2.45) is 17.1 Å². The number of nitrogens with two attached hydrogens (primary N) is 1. The minimum Gasteiger partial charge on any atom is -0.324 e. The highest BCUT2D eigenvalue weighted by atomic mass is 19.1. The molecule has 1 nitrogen and oxygen atoms in total. The number of halogens is 1. The molecule has 0 spiro atoms. The third-order valence-electron chi connectivity index (χ3n) is 3.70. The Kier molecular flexibility index (Phi) is 4.31. The standard InChI is InChI=1S/C15H24FN/c1-10-8-12(6-7-13(10)16)14(17)9-11(2)15(3,4)5/h6-8,11,14H,9,17H2,1-5H3. The number of benzene rings is 1. The van der Waals surface area contributed by atoms with Crippen molar-refractivity contribution < 1.29 is 4.39 Å². The van der Waals surface area contributed by atoms with E-state index in [1.165, 1.54) is 6.07 Å². The Morgan fingerprint density at radius 1 is 1.29 bits per heavy atom. The molecule has 17 heavy (non-hydrogen) atoms. The summed E-state index contributed by atoms with van der Waals surface area (Å²) >= 11 is 0. The highest BCUT2D eigenvalue weighted by Crippen LogP contribution is 2.32. The fourth-order valence-electron chi connectivity index (χ4n) is 1.77. The molecule has 1 aromatic rings. The molecular weight excluding hydrogens is 213 g/mol. The monoisotopic (exact) mass is 237 g/mol. The van der Waals surface area contributed by atoms with Crippen LogP contribution in [0.2, 0.25) is 0 Å². The third kappa shape index (κ3) is 3.81. The second kappa shape index (κ2) is 5.18. The van der Waals surface area contributed by atoms with Crippen molar-refractivity contribution in [3.05, 3.63) is 35.1 Å². The van der Waals surface area contributed by atoms with Crippen LogP contribution in [0.5, 0.6) is 0 Å². The topological polar surface area (TPSA) is 26.0 Å². The van der Waals surface area contributed by atoms with Gasteiger partial charge in [-0.2, -0.15) is 0 Å². The summed E-state index contributed by atoms with van der Waals surface area (Å²) < 4.78 is 13.2. The molecule has 1 aromatic carbocycles. The molecule has 2 atom stereocenters. The first-order valence-corrected chi connectivity index (χ1v) is 6.23. The fourth-order valence-corrected chi connectivity index (χ4v) is 1.77. The molecule has 0 aromatic heterocycles. The summed E-state index contributed by atoms with van der Waals surface area (Å²) in [5.41, 5.74) is 8.14. The molecule has 0 saturated carbocycles. The maximum absolute atomic E-state index is 13.2. The lowest BCUT2D eigenvalue weighted by Crippen LogP contribution is -2.23. The molecule has 0 aliphatic heterocycles. The molecule has 0 aliphatic rings. The van der Waals surface area contributed by atoms with Gasteiger partial charge in [0.05, 0.1) is 0 Å². The molecule has 1 rings (SSSR count). The summed E-state index contributed by atoms with van der Waals surface area (Å²) in [6.07, 6.45) is 0.925. The van der Waals surface area contributed by atoms with Crippen LogP contribution in [-0.4, -0.2) is 0 Å². The van der Waals surface area contributed by atoms with Gasteiger partial charge in [0.2, 0.25) is 0 Å². The van der Waals surface area contributed by atoms with E-state index in [9.17, 15) is 4.39 Å². The molecule has 0 saturated heterocycles. The zero-order chi connectivity index (χ0) is 13.2. The molecule has 0 radical (unpaired) electrons. The van der Waals surface area contributed by atoms with Crippen LogP contribution in [0.1, 0.15) is 51.3 Å². The van der Waals surface area contributed by atoms with Crippen molar-refractivity contribution in [1.82, 2.24) is 0 Å². The Hall–Kier alpha value is -0.890. The van der Waals surface area contributed by atoms with E-state index in [2.05, 4.69) is 27.7 Å². The predicted octanol–water partition coefficient (Wildman–Crippen LogP) is 4.21. The van der Waals surface area contributed by atoms with E-state index >= 15 is 0 Å². The van der Waals surface area contributed by atoms with Crippen molar-refractivity contribution >= 4 is 0 Å². The first kappa shape index (κ1) is 14.2. The van der Waals surface area contributed by atoms with Gasteiger partial charge in [0.1, 0.15) is 5.82 Å². The third-order valence-corrected chi connectivity index (χ3v) is 3.70. The summed E-state index contributed by atoms with van der Waals surface area (Å²) in [6, 6.07) is 5.15. The van der Waals surface area contributed by atoms with E-state index in [0.29, 0.717) is 11.5 Å². The quantitative estimate of drug-likeness (QED) is 0.837. The minimum absolute atomic E-state index is 0.0106. The van der Waals surface area contributed by atoms with Gasteiger partial charge in [-0.1, -0.05) is 39.8 Å². The lowest BCUT2D eigenvalue weighted by molar-refractivity contribution is 0.234. The molecule has 2 N–H and O–H groups in total. The lowest BCUT2D eigenvalue weighted by atomic mass is 9.77. The predicted molar refractivity (Wildman–Crippen MR) is 71.3 cm³/mol. The van der Waals surface area contributed by atoms with Crippen LogP contribution in [0, 0.1) is 24.1 Å². The Morgan fingerprint density at radius 2 is 1.88 bits per heavy atom. The van der Waals surface area contributed by atoms with E-state index in [0.717, 1.165) is 12.0 Å². The average molecular weight is 237 g/mol. The zero-order valence-electron chi connectivity index (χ0n) is 11.5. The maximum Gasteiger partial charge on any atom is 0.126 e. The summed E-state index contributed by atoms with van der Waals surface area (Å²) in [5.74, 6) is 0.368. The second-order valence-electron chi connectivity index (χ2n) is 6.12. The van der Waals surface area contributed by atoms with E-state index < -0.39 is 0 Å². The van der Waals surface area contributed by atoms with E-state index in [1.54, 1.807) is 13.0 Å². The van der Waals surface area contributed by atoms with Crippen LogP contribution < -0.4 is 5.73 Å². The molecule has 2 unspecified atom stereocenters. The van der Waals surface area contributed by atoms with Crippen LogP contribution in [-0.2, 0) is 0 Å². The van der Waals surface area contributed by atoms with Gasteiger partial charge in [-0.15, -0.1) is 0 Å². The molecule has 0 heterocycles. The van der Waals surface area contributed by atoms with E-state index in [1.807, 2.05) is 6.07 Å². The summed E-state index contributed by atoms with van der Waals surface area (Å²) in [6.45, 7) is 10.7. The van der Waals surface area contributed by atoms with Crippen LogP contribution in [0.25, 0.3) is 0 Å². The van der Waals surface area contributed by atoms with Gasteiger partial charge in [-0.05, 0) is 41.9 Å². The van der Waals surface area contributed by atoms with Gasteiger partial charge in [-0.25, -0.2) is 4.39 Å². The van der Waals surface area contributed by atoms with Gasteiger partial charge < -0.3 is 5.73 Å². The first-order valence-electron chi connectivity index (χ1n) is 6.23. The molecule has 96 valence electrons. The number of aryl methyl sites for hydroxylation is 1. The highest BCUT2D eigenvalue weighted by molar-refractivity contribution is 5.26. The highest BCUT2D eigenvalue weighted by Gasteiger charge is 2.22.